The lowest BCUT2D eigenvalue weighted by Crippen LogP contribution is -2.22. The van der Waals surface area contributed by atoms with Gasteiger partial charge in [-0.05, 0) is 12.1 Å². The number of esters is 4. The van der Waals surface area contributed by atoms with Crippen molar-refractivity contribution in [2.75, 3.05) is 0 Å². The zero-order valence-electron chi connectivity index (χ0n) is 9.17. The van der Waals surface area contributed by atoms with Crippen LogP contribution in [0.5, 0.6) is 0 Å². The van der Waals surface area contributed by atoms with Gasteiger partial charge in [0.2, 0.25) is 0 Å². The maximum absolute atomic E-state index is 11.6. The Kier molecular flexibility index (Phi) is 3.18. The molecule has 1 aliphatic heterocycles. The highest BCUT2D eigenvalue weighted by atomic mass is 16.6. The number of carbonyl (C=O) groups excluding carboxylic acids is 4. The lowest BCUT2D eigenvalue weighted by atomic mass is 10.1. The van der Waals surface area contributed by atoms with Crippen LogP contribution in [0.4, 0.5) is 0 Å². The van der Waals surface area contributed by atoms with Crippen molar-refractivity contribution in [3.8, 4) is 0 Å². The first-order valence-corrected chi connectivity index (χ1v) is 5.17. The number of rotatable bonds is 0. The molecule has 1 heterocycles. The molecular formula is C12H8O6. The van der Waals surface area contributed by atoms with Gasteiger partial charge in [0.05, 0.1) is 24.0 Å². The van der Waals surface area contributed by atoms with E-state index in [2.05, 4.69) is 9.47 Å². The van der Waals surface area contributed by atoms with Crippen molar-refractivity contribution < 1.29 is 28.7 Å². The zero-order chi connectivity index (χ0) is 13.1. The van der Waals surface area contributed by atoms with Crippen molar-refractivity contribution in [2.24, 2.45) is 0 Å². The fourth-order valence-corrected chi connectivity index (χ4v) is 1.46. The standard InChI is InChI=1S/C12H8O6/c13-9-5-6-10(14)18-12(16)8-4-2-1-3-7(8)11(15)17-9/h1-4H,5-6H2. The molecule has 2 rings (SSSR count). The topological polar surface area (TPSA) is 86.7 Å². The molecule has 0 fully saturated rings. The third-order valence-electron chi connectivity index (χ3n) is 2.31. The number of hydrogen-bond donors (Lipinski definition) is 0. The van der Waals surface area contributed by atoms with E-state index >= 15 is 0 Å². The highest BCUT2D eigenvalue weighted by molar-refractivity contribution is 6.08. The minimum atomic E-state index is -0.929. The summed E-state index contributed by atoms with van der Waals surface area (Å²) >= 11 is 0. The van der Waals surface area contributed by atoms with E-state index < -0.39 is 23.9 Å². The molecule has 0 N–H and O–H groups in total. The van der Waals surface area contributed by atoms with Crippen LogP contribution in [0.2, 0.25) is 0 Å². The second-order valence-electron chi connectivity index (χ2n) is 3.57. The van der Waals surface area contributed by atoms with Gasteiger partial charge in [0.1, 0.15) is 0 Å². The molecule has 0 saturated heterocycles. The van der Waals surface area contributed by atoms with Gasteiger partial charge in [0.25, 0.3) is 0 Å². The number of cyclic esters (lactones) is 4. The Balaban J connectivity index is 2.45. The van der Waals surface area contributed by atoms with Crippen LogP contribution in [0.15, 0.2) is 24.3 Å². The predicted molar refractivity (Wildman–Crippen MR) is 56.5 cm³/mol. The van der Waals surface area contributed by atoms with Crippen molar-refractivity contribution in [1.29, 1.82) is 0 Å². The average Bonchev–Trinajstić information content (AvgIpc) is 2.35. The smallest absolute Gasteiger partial charge is 0.346 e. The van der Waals surface area contributed by atoms with E-state index in [1.54, 1.807) is 0 Å². The van der Waals surface area contributed by atoms with Gasteiger partial charge in [0.15, 0.2) is 0 Å². The van der Waals surface area contributed by atoms with E-state index in [1.165, 1.54) is 24.3 Å². The highest BCUT2D eigenvalue weighted by Gasteiger charge is 2.25. The molecule has 6 heteroatoms. The van der Waals surface area contributed by atoms with E-state index in [1.807, 2.05) is 0 Å². The van der Waals surface area contributed by atoms with Crippen molar-refractivity contribution in [1.82, 2.24) is 0 Å². The summed E-state index contributed by atoms with van der Waals surface area (Å²) in [7, 11) is 0. The zero-order valence-corrected chi connectivity index (χ0v) is 9.17. The molecule has 0 bridgehead atoms. The molecule has 1 aliphatic rings. The van der Waals surface area contributed by atoms with Gasteiger partial charge >= 0.3 is 23.9 Å². The van der Waals surface area contributed by atoms with E-state index in [-0.39, 0.29) is 24.0 Å². The Morgan fingerprint density at radius 1 is 0.722 bits per heavy atom. The molecule has 6 nitrogen and oxygen atoms in total. The van der Waals surface area contributed by atoms with Crippen molar-refractivity contribution >= 4 is 23.9 Å². The van der Waals surface area contributed by atoms with Crippen LogP contribution in [0.25, 0.3) is 0 Å². The molecule has 0 spiro atoms. The number of carbonyl (C=O) groups is 4. The quantitative estimate of drug-likeness (QED) is 0.499. The first-order chi connectivity index (χ1) is 8.58. The van der Waals surface area contributed by atoms with Crippen LogP contribution >= 0.6 is 0 Å². The molecule has 0 amide bonds. The summed E-state index contributed by atoms with van der Waals surface area (Å²) < 4.78 is 9.02. The first kappa shape index (κ1) is 12.0. The second kappa shape index (κ2) is 4.79. The lowest BCUT2D eigenvalue weighted by Gasteiger charge is -2.10. The lowest BCUT2D eigenvalue weighted by molar-refractivity contribution is -0.144. The molecule has 92 valence electrons. The van der Waals surface area contributed by atoms with Gasteiger partial charge in [-0.3, -0.25) is 9.59 Å². The summed E-state index contributed by atoms with van der Waals surface area (Å²) in [6.45, 7) is 0. The molecular weight excluding hydrogens is 240 g/mol. The maximum atomic E-state index is 11.6. The molecule has 0 saturated carbocycles. The maximum Gasteiger partial charge on any atom is 0.346 e. The number of fused-ring (bicyclic) bond motifs is 1. The van der Waals surface area contributed by atoms with E-state index in [4.69, 9.17) is 0 Å². The second-order valence-corrected chi connectivity index (χ2v) is 3.57. The third-order valence-corrected chi connectivity index (χ3v) is 2.31. The molecule has 1 aromatic carbocycles. The summed E-state index contributed by atoms with van der Waals surface area (Å²) in [5, 5.41) is 0. The van der Waals surface area contributed by atoms with Gasteiger partial charge in [-0.15, -0.1) is 0 Å². The Hall–Kier alpha value is -2.50. The highest BCUT2D eigenvalue weighted by Crippen LogP contribution is 2.14. The van der Waals surface area contributed by atoms with Gasteiger partial charge in [-0.25, -0.2) is 9.59 Å². The Morgan fingerprint density at radius 3 is 1.50 bits per heavy atom. The summed E-state index contributed by atoms with van der Waals surface area (Å²) in [5.74, 6) is -3.52. The number of benzene rings is 1. The fourth-order valence-electron chi connectivity index (χ4n) is 1.46. The van der Waals surface area contributed by atoms with Crippen LogP contribution in [0.3, 0.4) is 0 Å². The van der Waals surface area contributed by atoms with Crippen LogP contribution in [-0.2, 0) is 19.1 Å². The summed E-state index contributed by atoms with van der Waals surface area (Å²) in [6.07, 6.45) is -0.611. The molecule has 18 heavy (non-hydrogen) atoms. The molecule has 1 aromatic rings. The SMILES string of the molecule is O=C1CCC(=O)OC(=O)c2ccccc2C(=O)O1. The molecule has 0 atom stereocenters. The minimum Gasteiger partial charge on any atom is -0.389 e. The molecule has 0 radical (unpaired) electrons. The van der Waals surface area contributed by atoms with Gasteiger partial charge < -0.3 is 9.47 Å². The van der Waals surface area contributed by atoms with Crippen molar-refractivity contribution in [3.63, 3.8) is 0 Å². The van der Waals surface area contributed by atoms with Crippen molar-refractivity contribution in [3.05, 3.63) is 35.4 Å². The largest absolute Gasteiger partial charge is 0.389 e. The fraction of sp³-hybridized carbons (Fsp3) is 0.167. The Morgan fingerprint density at radius 2 is 1.11 bits per heavy atom. The summed E-state index contributed by atoms with van der Waals surface area (Å²) in [5.41, 5.74) is -0.212. The Labute approximate surface area is 101 Å². The van der Waals surface area contributed by atoms with E-state index in [0.717, 1.165) is 0 Å². The Bertz CT molecular complexity index is 496. The predicted octanol–water partition coefficient (Wildman–Crippen LogP) is 0.847. The van der Waals surface area contributed by atoms with Gasteiger partial charge in [-0.2, -0.15) is 0 Å². The van der Waals surface area contributed by atoms with E-state index in [0.29, 0.717) is 0 Å². The number of ether oxygens (including phenoxy) is 2. The first-order valence-electron chi connectivity index (χ1n) is 5.17. The average molecular weight is 248 g/mol. The van der Waals surface area contributed by atoms with E-state index in [9.17, 15) is 19.2 Å². The molecule has 0 unspecified atom stereocenters. The minimum absolute atomic E-state index is 0.106. The van der Waals surface area contributed by atoms with Crippen molar-refractivity contribution in [2.45, 2.75) is 12.8 Å². The third kappa shape index (κ3) is 2.42. The van der Waals surface area contributed by atoms with Crippen LogP contribution in [0.1, 0.15) is 33.6 Å². The normalized spacial score (nSPS) is 16.7. The molecule has 0 aromatic heterocycles. The van der Waals surface area contributed by atoms with Crippen LogP contribution < -0.4 is 0 Å². The molecule has 0 aliphatic carbocycles. The monoisotopic (exact) mass is 248 g/mol. The van der Waals surface area contributed by atoms with Crippen LogP contribution in [-0.4, -0.2) is 23.9 Å². The number of hydrogen-bond acceptors (Lipinski definition) is 6. The van der Waals surface area contributed by atoms with Gasteiger partial charge in [0, 0.05) is 0 Å². The van der Waals surface area contributed by atoms with Crippen LogP contribution in [0, 0.1) is 0 Å². The summed E-state index contributed by atoms with van der Waals surface area (Å²) in [6, 6.07) is 5.65. The van der Waals surface area contributed by atoms with Gasteiger partial charge in [-0.1, -0.05) is 12.1 Å². The summed E-state index contributed by atoms with van der Waals surface area (Å²) in [4.78, 5) is 45.7.